The van der Waals surface area contributed by atoms with Crippen molar-refractivity contribution in [1.29, 1.82) is 0 Å². The number of halogens is 2. The first-order valence-electron chi connectivity index (χ1n) is 11.5. The van der Waals surface area contributed by atoms with Crippen molar-refractivity contribution in [1.82, 2.24) is 19.7 Å². The van der Waals surface area contributed by atoms with Gasteiger partial charge in [-0.15, -0.1) is 0 Å². The minimum absolute atomic E-state index is 0.0758. The zero-order valence-electron chi connectivity index (χ0n) is 20.2. The predicted molar refractivity (Wildman–Crippen MR) is 137 cm³/mol. The number of benzene rings is 2. The molecule has 0 radical (unpaired) electrons. The molecule has 0 saturated carbocycles. The van der Waals surface area contributed by atoms with Crippen molar-refractivity contribution in [3.8, 4) is 17.1 Å². The fraction of sp³-hybridized carbons (Fsp3) is 0.231. The number of nitrogens with one attached hydrogen (secondary N) is 1. The number of ether oxygens (including phenoxy) is 2. The lowest BCUT2D eigenvalue weighted by Crippen LogP contribution is -2.39. The molecule has 1 aliphatic heterocycles. The number of methoxy groups -OCH3 is 1. The third kappa shape index (κ3) is 5.55. The van der Waals surface area contributed by atoms with Crippen molar-refractivity contribution in [3.05, 3.63) is 83.0 Å². The summed E-state index contributed by atoms with van der Waals surface area (Å²) in [6.45, 7) is 1.45. The normalized spacial score (nSPS) is 15.5. The maximum absolute atomic E-state index is 14.8. The summed E-state index contributed by atoms with van der Waals surface area (Å²) in [4.78, 5) is 24.3. The first kappa shape index (κ1) is 24.7. The Kier molecular flexibility index (Phi) is 7.02. The van der Waals surface area contributed by atoms with Gasteiger partial charge in [-0.2, -0.15) is 5.10 Å². The van der Waals surface area contributed by atoms with Crippen LogP contribution in [0.4, 0.5) is 15.9 Å². The molecule has 0 bridgehead atoms. The molecule has 1 amide bonds. The van der Waals surface area contributed by atoms with E-state index >= 15 is 0 Å². The monoisotopic (exact) mass is 522 g/mol. The van der Waals surface area contributed by atoms with Gasteiger partial charge in [0.15, 0.2) is 5.82 Å². The highest BCUT2D eigenvalue weighted by molar-refractivity contribution is 6.30. The summed E-state index contributed by atoms with van der Waals surface area (Å²) in [5.74, 6) is 0.0997. The van der Waals surface area contributed by atoms with Crippen LogP contribution in [0.15, 0.2) is 60.9 Å². The molecule has 5 rings (SSSR count). The number of anilines is 2. The van der Waals surface area contributed by atoms with Crippen molar-refractivity contribution in [3.63, 3.8) is 0 Å². The summed E-state index contributed by atoms with van der Waals surface area (Å²) >= 11 is 5.95. The first-order valence-corrected chi connectivity index (χ1v) is 11.9. The van der Waals surface area contributed by atoms with Gasteiger partial charge in [0.25, 0.3) is 5.91 Å². The summed E-state index contributed by atoms with van der Waals surface area (Å²) in [7, 11) is 3.39. The summed E-state index contributed by atoms with van der Waals surface area (Å²) in [5.41, 5.74) is 1.69. The molecule has 4 aromatic rings. The molecule has 3 heterocycles. The predicted octanol–water partition coefficient (Wildman–Crippen LogP) is 4.51. The Bertz CT molecular complexity index is 1450. The average molecular weight is 523 g/mol. The number of aryl methyl sites for hydroxylation is 1. The lowest BCUT2D eigenvalue weighted by atomic mass is 10.1. The molecular weight excluding hydrogens is 499 g/mol. The van der Waals surface area contributed by atoms with Gasteiger partial charge in [-0.1, -0.05) is 17.7 Å². The average Bonchev–Trinajstić information content (AvgIpc) is 3.35. The van der Waals surface area contributed by atoms with Crippen molar-refractivity contribution in [2.24, 2.45) is 7.05 Å². The third-order valence-corrected chi connectivity index (χ3v) is 6.17. The SMILES string of the molecule is COc1cccc(NC(=O)c2cc(N3CCOC(c4cnn(C)c4)C3)nc(-c3ccc(Cl)cc3F)n2)c1. The largest absolute Gasteiger partial charge is 0.497 e. The number of hydrogen-bond donors (Lipinski definition) is 1. The molecule has 2 aromatic heterocycles. The van der Waals surface area contributed by atoms with Crippen LogP contribution in [0.2, 0.25) is 5.02 Å². The van der Waals surface area contributed by atoms with Gasteiger partial charge in [0, 0.05) is 54.7 Å². The molecule has 2 aromatic carbocycles. The Morgan fingerprint density at radius 2 is 2.08 bits per heavy atom. The molecule has 1 aliphatic rings. The van der Waals surface area contributed by atoms with Crippen LogP contribution in [0.25, 0.3) is 11.4 Å². The maximum atomic E-state index is 14.8. The van der Waals surface area contributed by atoms with Crippen LogP contribution < -0.4 is 15.0 Å². The molecule has 0 spiro atoms. The second-order valence-electron chi connectivity index (χ2n) is 8.50. The van der Waals surface area contributed by atoms with E-state index in [1.807, 2.05) is 18.1 Å². The Morgan fingerprint density at radius 3 is 2.84 bits per heavy atom. The van der Waals surface area contributed by atoms with Crippen molar-refractivity contribution in [2.45, 2.75) is 6.10 Å². The van der Waals surface area contributed by atoms with Gasteiger partial charge >= 0.3 is 0 Å². The van der Waals surface area contributed by atoms with Crippen molar-refractivity contribution >= 4 is 29.0 Å². The number of morpholine rings is 1. The van der Waals surface area contributed by atoms with Crippen molar-refractivity contribution in [2.75, 3.05) is 37.0 Å². The fourth-order valence-corrected chi connectivity index (χ4v) is 4.22. The van der Waals surface area contributed by atoms with Crippen LogP contribution in [0, 0.1) is 5.82 Å². The van der Waals surface area contributed by atoms with E-state index in [1.165, 1.54) is 12.1 Å². The van der Waals surface area contributed by atoms with E-state index in [0.29, 0.717) is 37.0 Å². The molecule has 37 heavy (non-hydrogen) atoms. The standard InChI is InChI=1S/C26H24ClFN6O3/c1-33-14-16(13-29-33)23-15-34(8-9-37-23)24-12-22(26(35)30-18-4-3-5-19(11-18)36-2)31-25(32-24)20-7-6-17(27)10-21(20)28/h3-7,10-14,23H,8-9,15H2,1-2H3,(H,30,35). The van der Waals surface area contributed by atoms with Crippen LogP contribution in [0.1, 0.15) is 22.2 Å². The second kappa shape index (κ2) is 10.5. The highest BCUT2D eigenvalue weighted by atomic mass is 35.5. The second-order valence-corrected chi connectivity index (χ2v) is 8.93. The lowest BCUT2D eigenvalue weighted by Gasteiger charge is -2.33. The summed E-state index contributed by atoms with van der Waals surface area (Å²) in [6, 6.07) is 12.8. The Labute approximate surface area is 217 Å². The minimum atomic E-state index is -0.584. The number of amides is 1. The van der Waals surface area contributed by atoms with E-state index < -0.39 is 11.7 Å². The Hall–Kier alpha value is -4.02. The quantitative estimate of drug-likeness (QED) is 0.398. The van der Waals surface area contributed by atoms with Gasteiger partial charge in [-0.05, 0) is 30.3 Å². The number of carbonyl (C=O) groups is 1. The van der Waals surface area contributed by atoms with Gasteiger partial charge in [-0.3, -0.25) is 9.48 Å². The van der Waals surface area contributed by atoms with Crippen LogP contribution >= 0.6 is 11.6 Å². The van der Waals surface area contributed by atoms with Gasteiger partial charge in [0.05, 0.1) is 25.5 Å². The fourth-order valence-electron chi connectivity index (χ4n) is 4.07. The molecule has 9 nitrogen and oxygen atoms in total. The zero-order chi connectivity index (χ0) is 25.9. The summed E-state index contributed by atoms with van der Waals surface area (Å²) < 4.78 is 27.7. The van der Waals surface area contributed by atoms with Gasteiger partial charge < -0.3 is 19.7 Å². The third-order valence-electron chi connectivity index (χ3n) is 5.93. The minimum Gasteiger partial charge on any atom is -0.497 e. The Balaban J connectivity index is 1.51. The van der Waals surface area contributed by atoms with E-state index in [0.717, 1.165) is 5.56 Å². The number of aromatic nitrogens is 4. The molecule has 11 heteroatoms. The van der Waals surface area contributed by atoms with E-state index in [4.69, 9.17) is 21.1 Å². The number of nitrogens with zero attached hydrogens (tertiary/aromatic N) is 5. The van der Waals surface area contributed by atoms with Gasteiger partial charge in [-0.25, -0.2) is 14.4 Å². The van der Waals surface area contributed by atoms with Crippen LogP contribution in [0.5, 0.6) is 5.75 Å². The van der Waals surface area contributed by atoms with Crippen LogP contribution in [-0.2, 0) is 11.8 Å². The van der Waals surface area contributed by atoms with Crippen LogP contribution in [-0.4, -0.2) is 52.5 Å². The van der Waals surface area contributed by atoms with Gasteiger partial charge in [0.2, 0.25) is 0 Å². The maximum Gasteiger partial charge on any atom is 0.274 e. The molecule has 1 saturated heterocycles. The van der Waals surface area contributed by atoms with E-state index in [1.54, 1.807) is 54.4 Å². The molecule has 1 N–H and O–H groups in total. The van der Waals surface area contributed by atoms with Crippen molar-refractivity contribution < 1.29 is 18.7 Å². The number of carbonyl (C=O) groups excluding carboxylic acids is 1. The zero-order valence-corrected chi connectivity index (χ0v) is 20.9. The van der Waals surface area contributed by atoms with Gasteiger partial charge in [0.1, 0.15) is 29.2 Å². The van der Waals surface area contributed by atoms with E-state index in [-0.39, 0.29) is 28.2 Å². The summed E-state index contributed by atoms with van der Waals surface area (Å²) in [5, 5.41) is 7.30. The topological polar surface area (TPSA) is 94.4 Å². The lowest BCUT2D eigenvalue weighted by molar-refractivity contribution is 0.0395. The molecule has 190 valence electrons. The number of hydrogen-bond acceptors (Lipinski definition) is 7. The molecule has 1 unspecified atom stereocenters. The molecule has 1 atom stereocenters. The number of rotatable bonds is 6. The van der Waals surface area contributed by atoms with E-state index in [2.05, 4.69) is 20.4 Å². The summed E-state index contributed by atoms with van der Waals surface area (Å²) in [6.07, 6.45) is 3.42. The smallest absolute Gasteiger partial charge is 0.274 e. The molecule has 1 fully saturated rings. The molecule has 0 aliphatic carbocycles. The Morgan fingerprint density at radius 1 is 1.22 bits per heavy atom. The highest BCUT2D eigenvalue weighted by Gasteiger charge is 2.26. The highest BCUT2D eigenvalue weighted by Crippen LogP contribution is 2.29. The van der Waals surface area contributed by atoms with E-state index in [9.17, 15) is 9.18 Å². The molecular formula is C26H24ClFN6O3. The van der Waals surface area contributed by atoms with Crippen LogP contribution in [0.3, 0.4) is 0 Å². The first-order chi connectivity index (χ1) is 17.9.